The molecule has 0 aliphatic heterocycles. The molecule has 1 fully saturated rings. The van der Waals surface area contributed by atoms with Crippen molar-refractivity contribution in [1.82, 2.24) is 14.9 Å². The van der Waals surface area contributed by atoms with Crippen LogP contribution in [0.15, 0.2) is 42.7 Å². The number of carbonyl (C=O) groups excluding carboxylic acids is 1. The van der Waals surface area contributed by atoms with Gasteiger partial charge in [-0.25, -0.2) is 14.4 Å². The Morgan fingerprint density at radius 2 is 1.88 bits per heavy atom. The number of nitrogens with one attached hydrogen (secondary N) is 1. The van der Waals surface area contributed by atoms with Crippen molar-refractivity contribution in [1.29, 1.82) is 0 Å². The van der Waals surface area contributed by atoms with Crippen molar-refractivity contribution < 1.29 is 13.9 Å². The van der Waals surface area contributed by atoms with E-state index >= 15 is 0 Å². The van der Waals surface area contributed by atoms with Crippen molar-refractivity contribution in [3.8, 4) is 11.1 Å². The molecule has 1 aliphatic carbocycles. The van der Waals surface area contributed by atoms with Gasteiger partial charge >= 0.3 is 0 Å². The van der Waals surface area contributed by atoms with Crippen LogP contribution >= 0.6 is 0 Å². The zero-order chi connectivity index (χ0) is 22.9. The van der Waals surface area contributed by atoms with E-state index in [1.54, 1.807) is 17.3 Å². The number of ether oxygens (including phenoxy) is 1. The average molecular weight is 437 g/mol. The third kappa shape index (κ3) is 5.05. The molecule has 4 rings (SSSR count). The van der Waals surface area contributed by atoms with Gasteiger partial charge in [-0.15, -0.1) is 0 Å². The van der Waals surface area contributed by atoms with Crippen LogP contribution in [0, 0.1) is 5.82 Å². The van der Waals surface area contributed by atoms with Gasteiger partial charge < -0.3 is 15.0 Å². The molecule has 1 aliphatic rings. The highest BCUT2D eigenvalue weighted by Gasteiger charge is 2.32. The molecule has 168 valence electrons. The Kier molecular flexibility index (Phi) is 6.11. The van der Waals surface area contributed by atoms with Crippen LogP contribution in [-0.4, -0.2) is 46.1 Å². The maximum Gasteiger partial charge on any atom is 0.249 e. The van der Waals surface area contributed by atoms with E-state index in [4.69, 9.17) is 4.74 Å². The van der Waals surface area contributed by atoms with Gasteiger partial charge in [0, 0.05) is 36.2 Å². The van der Waals surface area contributed by atoms with E-state index in [2.05, 4.69) is 36.1 Å². The van der Waals surface area contributed by atoms with Gasteiger partial charge in [-0.3, -0.25) is 4.79 Å². The van der Waals surface area contributed by atoms with E-state index in [1.165, 1.54) is 13.2 Å². The van der Waals surface area contributed by atoms with Gasteiger partial charge in [-0.1, -0.05) is 12.1 Å². The Balaban J connectivity index is 1.68. The highest BCUT2D eigenvalue weighted by Crippen LogP contribution is 2.32. The van der Waals surface area contributed by atoms with Crippen LogP contribution in [-0.2, 0) is 16.1 Å². The van der Waals surface area contributed by atoms with Crippen LogP contribution in [0.4, 0.5) is 10.2 Å². The van der Waals surface area contributed by atoms with Crippen LogP contribution < -0.4 is 5.32 Å². The molecule has 0 spiro atoms. The standard InChI is InChI=1S/C25H29FN4O2/c1-25(2,3)29-24-20-12-17(6-10-22(20)27-15-28-24)16-5-9-21(26)18(11-16)13-30(19-7-8-19)23(31)14-32-4/h5-6,9-12,15,19H,7-8,13-14H2,1-4H3,(H,27,28,29). The second-order valence-electron chi connectivity index (χ2n) is 9.32. The molecule has 0 atom stereocenters. The molecule has 1 aromatic heterocycles. The second kappa shape index (κ2) is 8.82. The molecule has 1 N–H and O–H groups in total. The number of anilines is 1. The maximum atomic E-state index is 14.7. The third-order valence-electron chi connectivity index (χ3n) is 5.42. The first-order valence-electron chi connectivity index (χ1n) is 10.9. The molecule has 1 amide bonds. The van der Waals surface area contributed by atoms with Crippen molar-refractivity contribution in [2.24, 2.45) is 0 Å². The number of aromatic nitrogens is 2. The van der Waals surface area contributed by atoms with Gasteiger partial charge in [0.1, 0.15) is 24.6 Å². The van der Waals surface area contributed by atoms with Crippen LogP contribution in [0.2, 0.25) is 0 Å². The summed E-state index contributed by atoms with van der Waals surface area (Å²) in [6.07, 6.45) is 3.45. The molecule has 0 saturated heterocycles. The fraction of sp³-hybridized carbons (Fsp3) is 0.400. The van der Waals surface area contributed by atoms with Crippen LogP contribution in [0.25, 0.3) is 22.0 Å². The monoisotopic (exact) mass is 436 g/mol. The maximum absolute atomic E-state index is 14.7. The lowest BCUT2D eigenvalue weighted by Gasteiger charge is -2.23. The van der Waals surface area contributed by atoms with Crippen molar-refractivity contribution in [2.75, 3.05) is 19.0 Å². The number of nitrogens with zero attached hydrogens (tertiary/aromatic N) is 3. The van der Waals surface area contributed by atoms with E-state index in [9.17, 15) is 9.18 Å². The number of amides is 1. The number of benzene rings is 2. The molecule has 32 heavy (non-hydrogen) atoms. The van der Waals surface area contributed by atoms with E-state index in [1.807, 2.05) is 24.3 Å². The number of hydrogen-bond acceptors (Lipinski definition) is 5. The molecular weight excluding hydrogens is 407 g/mol. The fourth-order valence-corrected chi connectivity index (χ4v) is 3.76. The molecule has 0 unspecified atom stereocenters. The summed E-state index contributed by atoms with van der Waals surface area (Å²) < 4.78 is 19.7. The second-order valence-corrected chi connectivity index (χ2v) is 9.32. The summed E-state index contributed by atoms with van der Waals surface area (Å²) in [6, 6.07) is 11.2. The van der Waals surface area contributed by atoms with Crippen molar-refractivity contribution in [3.63, 3.8) is 0 Å². The lowest BCUT2D eigenvalue weighted by molar-refractivity contribution is -0.136. The molecular formula is C25H29FN4O2. The Morgan fingerprint density at radius 3 is 2.56 bits per heavy atom. The van der Waals surface area contributed by atoms with E-state index < -0.39 is 0 Å². The minimum Gasteiger partial charge on any atom is -0.375 e. The molecule has 1 heterocycles. The van der Waals surface area contributed by atoms with E-state index in [-0.39, 0.29) is 36.5 Å². The number of rotatable bonds is 7. The lowest BCUT2D eigenvalue weighted by atomic mass is 10.00. The number of methoxy groups -OCH3 is 1. The summed E-state index contributed by atoms with van der Waals surface area (Å²) in [5, 5.41) is 4.33. The minimum atomic E-state index is -0.316. The quantitative estimate of drug-likeness (QED) is 0.577. The smallest absolute Gasteiger partial charge is 0.249 e. The molecule has 7 heteroatoms. The lowest BCUT2D eigenvalue weighted by Crippen LogP contribution is -2.35. The predicted octanol–water partition coefficient (Wildman–Crippen LogP) is 4.78. The van der Waals surface area contributed by atoms with Gasteiger partial charge in [0.15, 0.2) is 0 Å². The number of fused-ring (bicyclic) bond motifs is 1. The Morgan fingerprint density at radius 1 is 1.16 bits per heavy atom. The van der Waals surface area contributed by atoms with Gasteiger partial charge in [-0.2, -0.15) is 0 Å². The van der Waals surface area contributed by atoms with E-state index in [0.717, 1.165) is 40.7 Å². The summed E-state index contributed by atoms with van der Waals surface area (Å²) in [4.78, 5) is 23.0. The first-order valence-corrected chi connectivity index (χ1v) is 10.9. The fourth-order valence-electron chi connectivity index (χ4n) is 3.76. The highest BCUT2D eigenvalue weighted by atomic mass is 19.1. The normalized spacial score (nSPS) is 13.9. The third-order valence-corrected chi connectivity index (χ3v) is 5.42. The summed E-state index contributed by atoms with van der Waals surface area (Å²) >= 11 is 0. The molecule has 3 aromatic rings. The average Bonchev–Trinajstić information content (AvgIpc) is 3.57. The Hall–Kier alpha value is -3.06. The first-order chi connectivity index (χ1) is 15.2. The first kappa shape index (κ1) is 22.1. The summed E-state index contributed by atoms with van der Waals surface area (Å²) in [5.41, 5.74) is 3.00. The SMILES string of the molecule is COCC(=O)N(Cc1cc(-c2ccc3ncnc(NC(C)(C)C)c3c2)ccc1F)C1CC1. The number of carbonyl (C=O) groups is 1. The summed E-state index contributed by atoms with van der Waals surface area (Å²) in [5.74, 6) is 0.334. The van der Waals surface area contributed by atoms with Crippen molar-refractivity contribution >= 4 is 22.6 Å². The van der Waals surface area contributed by atoms with Gasteiger partial charge in [-0.05, 0) is 69.0 Å². The molecule has 0 radical (unpaired) electrons. The Bertz CT molecular complexity index is 1140. The largest absolute Gasteiger partial charge is 0.375 e. The zero-order valence-corrected chi connectivity index (χ0v) is 19.0. The topological polar surface area (TPSA) is 67.3 Å². The van der Waals surface area contributed by atoms with Crippen LogP contribution in [0.3, 0.4) is 0 Å². The minimum absolute atomic E-state index is 0.00599. The Labute approximate surface area is 187 Å². The molecule has 0 bridgehead atoms. The van der Waals surface area contributed by atoms with E-state index in [0.29, 0.717) is 5.56 Å². The number of hydrogen-bond donors (Lipinski definition) is 1. The molecule has 1 saturated carbocycles. The highest BCUT2D eigenvalue weighted by molar-refractivity contribution is 5.92. The van der Waals surface area contributed by atoms with Crippen LogP contribution in [0.5, 0.6) is 0 Å². The van der Waals surface area contributed by atoms with Crippen molar-refractivity contribution in [3.05, 3.63) is 54.1 Å². The van der Waals surface area contributed by atoms with Gasteiger partial charge in [0.25, 0.3) is 0 Å². The summed E-state index contributed by atoms with van der Waals surface area (Å²) in [6.45, 7) is 6.47. The van der Waals surface area contributed by atoms with Gasteiger partial charge in [0.2, 0.25) is 5.91 Å². The molecule has 6 nitrogen and oxygen atoms in total. The summed E-state index contributed by atoms with van der Waals surface area (Å²) in [7, 11) is 1.50. The predicted molar refractivity (Wildman–Crippen MR) is 124 cm³/mol. The van der Waals surface area contributed by atoms with Crippen LogP contribution in [0.1, 0.15) is 39.2 Å². The van der Waals surface area contributed by atoms with Crippen molar-refractivity contribution in [2.45, 2.75) is 51.7 Å². The zero-order valence-electron chi connectivity index (χ0n) is 19.0. The number of halogens is 1. The van der Waals surface area contributed by atoms with Gasteiger partial charge in [0.05, 0.1) is 5.52 Å². The molecule has 2 aromatic carbocycles.